The zero-order valence-electron chi connectivity index (χ0n) is 13.2. The fourth-order valence-corrected chi connectivity index (χ4v) is 3.74. The van der Waals surface area contributed by atoms with Crippen LogP contribution < -0.4 is 5.32 Å². The standard InChI is InChI=1S/C16H31NO4/c1-20-6-7-21-12-16(8-14(18)15(19)9-16)11-17-10-13-4-2-3-5-13/h13-15,17-19H,2-12H2,1H3/t14-,15+,16?. The average Bonchev–Trinajstić information content (AvgIpc) is 3.05. The van der Waals surface area contributed by atoms with E-state index in [1.807, 2.05) is 0 Å². The summed E-state index contributed by atoms with van der Waals surface area (Å²) in [6.07, 6.45) is 5.35. The second-order valence-electron chi connectivity index (χ2n) is 6.87. The molecule has 2 rings (SSSR count). The van der Waals surface area contributed by atoms with Gasteiger partial charge in [0.2, 0.25) is 0 Å². The lowest BCUT2D eigenvalue weighted by Crippen LogP contribution is -2.39. The van der Waals surface area contributed by atoms with E-state index in [1.165, 1.54) is 25.7 Å². The highest BCUT2D eigenvalue weighted by Crippen LogP contribution is 2.38. The van der Waals surface area contributed by atoms with E-state index < -0.39 is 12.2 Å². The zero-order chi connectivity index (χ0) is 15.1. The molecule has 0 heterocycles. The summed E-state index contributed by atoms with van der Waals surface area (Å²) in [5, 5.41) is 23.3. The van der Waals surface area contributed by atoms with Crippen molar-refractivity contribution in [2.75, 3.05) is 40.0 Å². The van der Waals surface area contributed by atoms with E-state index in [0.29, 0.717) is 32.7 Å². The minimum atomic E-state index is -0.621. The van der Waals surface area contributed by atoms with Crippen LogP contribution in [0.5, 0.6) is 0 Å². The molecule has 0 bridgehead atoms. The first-order valence-corrected chi connectivity index (χ1v) is 8.29. The summed E-state index contributed by atoms with van der Waals surface area (Å²) in [5.74, 6) is 0.799. The van der Waals surface area contributed by atoms with Gasteiger partial charge < -0.3 is 25.0 Å². The van der Waals surface area contributed by atoms with Crippen molar-refractivity contribution in [1.82, 2.24) is 5.32 Å². The number of aliphatic hydroxyl groups is 2. The van der Waals surface area contributed by atoms with Crippen molar-refractivity contribution in [2.24, 2.45) is 11.3 Å². The minimum Gasteiger partial charge on any atom is -0.390 e. The monoisotopic (exact) mass is 301 g/mol. The molecule has 0 aromatic rings. The van der Waals surface area contributed by atoms with Crippen LogP contribution in [0.15, 0.2) is 0 Å². The SMILES string of the molecule is COCCOCC1(CNCC2CCCC2)C[C@@H](O)[C@@H](O)C1. The van der Waals surface area contributed by atoms with Gasteiger partial charge in [-0.25, -0.2) is 0 Å². The van der Waals surface area contributed by atoms with Gasteiger partial charge in [0.05, 0.1) is 32.0 Å². The van der Waals surface area contributed by atoms with E-state index in [0.717, 1.165) is 19.0 Å². The Morgan fingerprint density at radius 1 is 1.10 bits per heavy atom. The summed E-state index contributed by atoms with van der Waals surface area (Å²) in [6.45, 7) is 3.57. The lowest BCUT2D eigenvalue weighted by atomic mass is 9.86. The molecular formula is C16H31NO4. The molecule has 2 aliphatic carbocycles. The zero-order valence-corrected chi connectivity index (χ0v) is 13.2. The number of aliphatic hydroxyl groups excluding tert-OH is 2. The van der Waals surface area contributed by atoms with E-state index in [9.17, 15) is 10.2 Å². The summed E-state index contributed by atoms with van der Waals surface area (Å²) in [7, 11) is 1.66. The molecule has 2 saturated carbocycles. The van der Waals surface area contributed by atoms with Gasteiger partial charge in [0.15, 0.2) is 0 Å². The van der Waals surface area contributed by atoms with Crippen LogP contribution in [0.3, 0.4) is 0 Å². The molecule has 5 heteroatoms. The number of nitrogens with one attached hydrogen (secondary N) is 1. The van der Waals surface area contributed by atoms with Crippen molar-refractivity contribution < 1.29 is 19.7 Å². The molecule has 1 unspecified atom stereocenters. The fourth-order valence-electron chi connectivity index (χ4n) is 3.74. The van der Waals surface area contributed by atoms with Gasteiger partial charge in [0, 0.05) is 19.1 Å². The molecule has 0 saturated heterocycles. The van der Waals surface area contributed by atoms with E-state index in [4.69, 9.17) is 9.47 Å². The molecule has 2 aliphatic rings. The van der Waals surface area contributed by atoms with Gasteiger partial charge in [-0.05, 0) is 38.1 Å². The highest BCUT2D eigenvalue weighted by Gasteiger charge is 2.44. The van der Waals surface area contributed by atoms with Gasteiger partial charge in [-0.2, -0.15) is 0 Å². The van der Waals surface area contributed by atoms with Crippen molar-refractivity contribution in [3.63, 3.8) is 0 Å². The maximum absolute atomic E-state index is 9.89. The summed E-state index contributed by atoms with van der Waals surface area (Å²) in [4.78, 5) is 0. The molecule has 5 nitrogen and oxygen atoms in total. The first-order chi connectivity index (χ1) is 10.2. The smallest absolute Gasteiger partial charge is 0.0806 e. The second-order valence-corrected chi connectivity index (χ2v) is 6.87. The van der Waals surface area contributed by atoms with Crippen molar-refractivity contribution in [2.45, 2.75) is 50.7 Å². The van der Waals surface area contributed by atoms with Gasteiger partial charge >= 0.3 is 0 Å². The molecule has 2 fully saturated rings. The predicted octanol–water partition coefficient (Wildman–Crippen LogP) is 0.931. The predicted molar refractivity (Wildman–Crippen MR) is 81.2 cm³/mol. The average molecular weight is 301 g/mol. The molecule has 0 spiro atoms. The summed E-state index contributed by atoms with van der Waals surface area (Å²) < 4.78 is 10.7. The Morgan fingerprint density at radius 3 is 2.38 bits per heavy atom. The van der Waals surface area contributed by atoms with Crippen molar-refractivity contribution in [3.8, 4) is 0 Å². The summed E-state index contributed by atoms with van der Waals surface area (Å²) >= 11 is 0. The van der Waals surface area contributed by atoms with E-state index in [-0.39, 0.29) is 5.41 Å². The third-order valence-electron chi connectivity index (χ3n) is 4.98. The normalized spacial score (nSPS) is 33.9. The molecule has 0 aromatic heterocycles. The van der Waals surface area contributed by atoms with Crippen LogP contribution in [0, 0.1) is 11.3 Å². The number of methoxy groups -OCH3 is 1. The highest BCUT2D eigenvalue weighted by atomic mass is 16.5. The molecule has 0 aromatic carbocycles. The van der Waals surface area contributed by atoms with Crippen LogP contribution in [0.25, 0.3) is 0 Å². The molecule has 3 atom stereocenters. The van der Waals surface area contributed by atoms with Crippen LogP contribution in [0.1, 0.15) is 38.5 Å². The third kappa shape index (κ3) is 5.18. The summed E-state index contributed by atoms with van der Waals surface area (Å²) in [6, 6.07) is 0. The van der Waals surface area contributed by atoms with E-state index >= 15 is 0 Å². The van der Waals surface area contributed by atoms with Crippen LogP contribution in [0.4, 0.5) is 0 Å². The molecule has 21 heavy (non-hydrogen) atoms. The van der Waals surface area contributed by atoms with Gasteiger partial charge in [0.1, 0.15) is 0 Å². The van der Waals surface area contributed by atoms with Gasteiger partial charge in [0.25, 0.3) is 0 Å². The summed E-state index contributed by atoms with van der Waals surface area (Å²) in [5.41, 5.74) is -0.148. The minimum absolute atomic E-state index is 0.148. The highest BCUT2D eigenvalue weighted by molar-refractivity contribution is 4.96. The number of hydrogen-bond acceptors (Lipinski definition) is 5. The Morgan fingerprint density at radius 2 is 1.76 bits per heavy atom. The molecule has 3 N–H and O–H groups in total. The van der Waals surface area contributed by atoms with Crippen LogP contribution in [0.2, 0.25) is 0 Å². The lowest BCUT2D eigenvalue weighted by molar-refractivity contribution is 0.0110. The van der Waals surface area contributed by atoms with E-state index in [1.54, 1.807) is 7.11 Å². The molecule has 0 amide bonds. The van der Waals surface area contributed by atoms with Crippen molar-refractivity contribution in [3.05, 3.63) is 0 Å². The van der Waals surface area contributed by atoms with Crippen LogP contribution in [-0.2, 0) is 9.47 Å². The Kier molecular flexibility index (Phi) is 6.89. The Balaban J connectivity index is 1.77. The number of ether oxygens (including phenoxy) is 2. The first kappa shape index (κ1) is 17.2. The maximum atomic E-state index is 9.89. The van der Waals surface area contributed by atoms with Gasteiger partial charge in [-0.3, -0.25) is 0 Å². The molecule has 124 valence electrons. The van der Waals surface area contributed by atoms with Gasteiger partial charge in [-0.1, -0.05) is 12.8 Å². The van der Waals surface area contributed by atoms with Crippen molar-refractivity contribution in [1.29, 1.82) is 0 Å². The lowest BCUT2D eigenvalue weighted by Gasteiger charge is -2.30. The number of hydrogen-bond donors (Lipinski definition) is 3. The van der Waals surface area contributed by atoms with Crippen LogP contribution in [-0.4, -0.2) is 62.4 Å². The second kappa shape index (κ2) is 8.44. The molecular weight excluding hydrogens is 270 g/mol. The van der Waals surface area contributed by atoms with Crippen molar-refractivity contribution >= 4 is 0 Å². The Hall–Kier alpha value is -0.200. The topological polar surface area (TPSA) is 71.0 Å². The van der Waals surface area contributed by atoms with Crippen LogP contribution >= 0.6 is 0 Å². The van der Waals surface area contributed by atoms with Gasteiger partial charge in [-0.15, -0.1) is 0 Å². The third-order valence-corrected chi connectivity index (χ3v) is 4.98. The Labute approximate surface area is 128 Å². The molecule has 0 aliphatic heterocycles. The maximum Gasteiger partial charge on any atom is 0.0806 e. The number of rotatable bonds is 9. The fraction of sp³-hybridized carbons (Fsp3) is 1.00. The molecule has 0 radical (unpaired) electrons. The Bertz CT molecular complexity index is 284. The van der Waals surface area contributed by atoms with E-state index in [2.05, 4.69) is 5.32 Å². The first-order valence-electron chi connectivity index (χ1n) is 8.29. The quantitative estimate of drug-likeness (QED) is 0.553. The largest absolute Gasteiger partial charge is 0.390 e.